The monoisotopic (exact) mass is 312 g/mol. The van der Waals surface area contributed by atoms with E-state index in [9.17, 15) is 30.6 Å². The van der Waals surface area contributed by atoms with E-state index in [1.807, 2.05) is 0 Å². The lowest BCUT2D eigenvalue weighted by molar-refractivity contribution is -0.340. The van der Waals surface area contributed by atoms with E-state index in [2.05, 4.69) is 0 Å². The molecular weight excluding hydrogens is 292 g/mol. The van der Waals surface area contributed by atoms with Gasteiger partial charge in [0.05, 0.1) is 13.2 Å². The molecular formula is C11H20O10. The number of hydrogen-bond donors (Lipinski definition) is 7. The van der Waals surface area contributed by atoms with Gasteiger partial charge in [0.25, 0.3) is 0 Å². The van der Waals surface area contributed by atoms with E-state index < -0.39 is 61.9 Å². The lowest BCUT2D eigenvalue weighted by Crippen LogP contribution is -2.62. The fourth-order valence-corrected chi connectivity index (χ4v) is 2.25. The molecule has 0 aromatic heterocycles. The SMILES string of the molecule is OC[C@H]1O[C@@H](O[C@H]2CO[C@@H](O)[C@H](O)[C@H]2O)[C@H](O)[C@@H](O)[C@H]1O. The van der Waals surface area contributed by atoms with Crippen molar-refractivity contribution in [2.45, 2.75) is 55.3 Å². The first-order chi connectivity index (χ1) is 9.86. The first-order valence-electron chi connectivity index (χ1n) is 6.48. The second-order valence-electron chi connectivity index (χ2n) is 5.08. The van der Waals surface area contributed by atoms with Gasteiger partial charge in [0.1, 0.15) is 42.7 Å². The minimum atomic E-state index is -1.63. The molecule has 2 aliphatic heterocycles. The van der Waals surface area contributed by atoms with Crippen LogP contribution in [0.3, 0.4) is 0 Å². The Morgan fingerprint density at radius 1 is 0.857 bits per heavy atom. The number of rotatable bonds is 3. The van der Waals surface area contributed by atoms with Crippen molar-refractivity contribution in [3.8, 4) is 0 Å². The Labute approximate surface area is 119 Å². The summed E-state index contributed by atoms with van der Waals surface area (Å²) in [6.45, 7) is -0.899. The summed E-state index contributed by atoms with van der Waals surface area (Å²) in [5, 5.41) is 66.5. The topological polar surface area (TPSA) is 169 Å². The van der Waals surface area contributed by atoms with Crippen molar-refractivity contribution in [2.24, 2.45) is 0 Å². The fourth-order valence-electron chi connectivity index (χ4n) is 2.25. The smallest absolute Gasteiger partial charge is 0.187 e. The van der Waals surface area contributed by atoms with Gasteiger partial charge in [-0.25, -0.2) is 0 Å². The highest BCUT2D eigenvalue weighted by molar-refractivity contribution is 4.91. The Bertz CT molecular complexity index is 339. The molecule has 2 rings (SSSR count). The van der Waals surface area contributed by atoms with Gasteiger partial charge in [0.15, 0.2) is 12.6 Å². The molecule has 0 saturated carbocycles. The van der Waals surface area contributed by atoms with Crippen molar-refractivity contribution in [3.63, 3.8) is 0 Å². The summed E-state index contributed by atoms with van der Waals surface area (Å²) in [5.74, 6) is 0. The molecule has 0 aromatic carbocycles. The second-order valence-corrected chi connectivity index (χ2v) is 5.08. The van der Waals surface area contributed by atoms with Gasteiger partial charge in [0.2, 0.25) is 0 Å². The minimum Gasteiger partial charge on any atom is -0.394 e. The van der Waals surface area contributed by atoms with Crippen LogP contribution >= 0.6 is 0 Å². The molecule has 2 fully saturated rings. The third-order valence-corrected chi connectivity index (χ3v) is 3.61. The predicted molar refractivity (Wildman–Crippen MR) is 62.6 cm³/mol. The van der Waals surface area contributed by atoms with E-state index >= 15 is 0 Å². The van der Waals surface area contributed by atoms with Gasteiger partial charge in [-0.15, -0.1) is 0 Å². The maximum atomic E-state index is 9.78. The van der Waals surface area contributed by atoms with Gasteiger partial charge in [0, 0.05) is 0 Å². The van der Waals surface area contributed by atoms with Gasteiger partial charge < -0.3 is 50.0 Å². The molecule has 10 nitrogen and oxygen atoms in total. The van der Waals surface area contributed by atoms with Gasteiger partial charge in [-0.3, -0.25) is 0 Å². The van der Waals surface area contributed by atoms with Crippen LogP contribution in [0.15, 0.2) is 0 Å². The Morgan fingerprint density at radius 3 is 2.14 bits per heavy atom. The molecule has 21 heavy (non-hydrogen) atoms. The van der Waals surface area contributed by atoms with Crippen molar-refractivity contribution in [2.75, 3.05) is 13.2 Å². The Kier molecular flexibility index (Phi) is 5.48. The largest absolute Gasteiger partial charge is 0.394 e. The third-order valence-electron chi connectivity index (χ3n) is 3.61. The second kappa shape index (κ2) is 6.79. The molecule has 0 radical (unpaired) electrons. The number of aliphatic hydroxyl groups excluding tert-OH is 7. The van der Waals surface area contributed by atoms with Crippen LogP contribution in [0.25, 0.3) is 0 Å². The van der Waals surface area contributed by atoms with E-state index in [4.69, 9.17) is 19.3 Å². The summed E-state index contributed by atoms with van der Waals surface area (Å²) in [6.07, 6.45) is -13.2. The Balaban J connectivity index is 2.01. The van der Waals surface area contributed by atoms with Crippen molar-refractivity contribution < 1.29 is 50.0 Å². The summed E-state index contributed by atoms with van der Waals surface area (Å²) in [5.41, 5.74) is 0. The minimum absolute atomic E-state index is 0.283. The lowest BCUT2D eigenvalue weighted by Gasteiger charge is -2.43. The molecule has 2 heterocycles. The van der Waals surface area contributed by atoms with Crippen molar-refractivity contribution in [1.29, 1.82) is 0 Å². The standard InChI is InChI=1S/C11H20O10/c12-1-3-5(13)7(15)9(17)11(20-3)21-4-2-19-10(18)8(16)6(4)14/h3-18H,1-2H2/t3-,4+,5+,6+,7+,8-,9-,10-,11+/m1/s1. The van der Waals surface area contributed by atoms with Gasteiger partial charge >= 0.3 is 0 Å². The molecule has 9 atom stereocenters. The average molecular weight is 312 g/mol. The van der Waals surface area contributed by atoms with Crippen LogP contribution in [0.2, 0.25) is 0 Å². The van der Waals surface area contributed by atoms with E-state index in [0.717, 1.165) is 0 Å². The first kappa shape index (κ1) is 17.0. The first-order valence-corrected chi connectivity index (χ1v) is 6.48. The van der Waals surface area contributed by atoms with Crippen LogP contribution < -0.4 is 0 Å². The van der Waals surface area contributed by atoms with Crippen molar-refractivity contribution in [3.05, 3.63) is 0 Å². The van der Waals surface area contributed by atoms with E-state index in [-0.39, 0.29) is 6.61 Å². The number of ether oxygens (including phenoxy) is 3. The molecule has 0 spiro atoms. The summed E-state index contributed by atoms with van der Waals surface area (Å²) in [4.78, 5) is 0. The highest BCUT2D eigenvalue weighted by Gasteiger charge is 2.47. The molecule has 2 aliphatic rings. The third kappa shape index (κ3) is 3.35. The van der Waals surface area contributed by atoms with Gasteiger partial charge in [-0.05, 0) is 0 Å². The summed E-state index contributed by atoms with van der Waals surface area (Å²) in [6, 6.07) is 0. The molecule has 0 bridgehead atoms. The van der Waals surface area contributed by atoms with Crippen molar-refractivity contribution >= 4 is 0 Å². The van der Waals surface area contributed by atoms with Crippen LogP contribution in [0.1, 0.15) is 0 Å². The van der Waals surface area contributed by atoms with Crippen LogP contribution in [0, 0.1) is 0 Å². The van der Waals surface area contributed by atoms with Crippen molar-refractivity contribution in [1.82, 2.24) is 0 Å². The maximum Gasteiger partial charge on any atom is 0.187 e. The van der Waals surface area contributed by atoms with E-state index in [0.29, 0.717) is 0 Å². The zero-order chi connectivity index (χ0) is 15.7. The quantitative estimate of drug-likeness (QED) is 0.268. The molecule has 0 aromatic rings. The van der Waals surface area contributed by atoms with Gasteiger partial charge in [-0.1, -0.05) is 0 Å². The molecule has 124 valence electrons. The molecule has 0 aliphatic carbocycles. The Hall–Kier alpha value is -0.400. The van der Waals surface area contributed by atoms with Crippen LogP contribution in [0.4, 0.5) is 0 Å². The van der Waals surface area contributed by atoms with Crippen LogP contribution in [-0.2, 0) is 14.2 Å². The molecule has 0 amide bonds. The molecule has 10 heteroatoms. The summed E-state index contributed by atoms with van der Waals surface area (Å²) < 4.78 is 15.1. The van der Waals surface area contributed by atoms with E-state index in [1.54, 1.807) is 0 Å². The fraction of sp³-hybridized carbons (Fsp3) is 1.00. The zero-order valence-electron chi connectivity index (χ0n) is 11.0. The summed E-state index contributed by atoms with van der Waals surface area (Å²) >= 11 is 0. The predicted octanol–water partition coefficient (Wildman–Crippen LogP) is -4.76. The highest BCUT2D eigenvalue weighted by atomic mass is 16.7. The molecule has 2 saturated heterocycles. The number of aliphatic hydroxyl groups is 7. The van der Waals surface area contributed by atoms with Crippen LogP contribution in [-0.4, -0.2) is 104 Å². The van der Waals surface area contributed by atoms with Crippen LogP contribution in [0.5, 0.6) is 0 Å². The van der Waals surface area contributed by atoms with Gasteiger partial charge in [-0.2, -0.15) is 0 Å². The number of hydrogen-bond acceptors (Lipinski definition) is 10. The molecule has 0 unspecified atom stereocenters. The maximum absolute atomic E-state index is 9.78. The summed E-state index contributed by atoms with van der Waals surface area (Å²) in [7, 11) is 0. The Morgan fingerprint density at radius 2 is 1.52 bits per heavy atom. The lowest BCUT2D eigenvalue weighted by atomic mass is 9.99. The van der Waals surface area contributed by atoms with E-state index in [1.165, 1.54) is 0 Å². The normalized spacial score (nSPS) is 51.9. The molecule has 7 N–H and O–H groups in total. The zero-order valence-corrected chi connectivity index (χ0v) is 11.0. The average Bonchev–Trinajstić information content (AvgIpc) is 2.48. The highest BCUT2D eigenvalue weighted by Crippen LogP contribution is 2.25.